The van der Waals surface area contributed by atoms with E-state index in [4.69, 9.17) is 4.74 Å². The summed E-state index contributed by atoms with van der Waals surface area (Å²) < 4.78 is 5.55. The number of hydrogen-bond acceptors (Lipinski definition) is 4. The number of rotatable bonds is 7. The average Bonchev–Trinajstić information content (AvgIpc) is 2.46. The van der Waals surface area contributed by atoms with Crippen LogP contribution >= 0.6 is 0 Å². The lowest BCUT2D eigenvalue weighted by atomic mass is 9.98. The monoisotopic (exact) mass is 294 g/mol. The van der Waals surface area contributed by atoms with Crippen molar-refractivity contribution in [2.45, 2.75) is 52.2 Å². The van der Waals surface area contributed by atoms with E-state index in [0.717, 1.165) is 6.42 Å². The standard InChI is InChI=1S/C15H22N2O4/c1-5-10(3)21-12-9-11(7-8-16-12)13(18)17-15(4,6-2)14(19)20/h7-10H,5-6H2,1-4H3,(H,17,18)(H,19,20). The molecule has 1 aromatic rings. The molecule has 2 unspecified atom stereocenters. The summed E-state index contributed by atoms with van der Waals surface area (Å²) in [6, 6.07) is 3.04. The van der Waals surface area contributed by atoms with Crippen LogP contribution in [0.15, 0.2) is 18.3 Å². The second kappa shape index (κ2) is 7.06. The largest absolute Gasteiger partial charge is 0.480 e. The Morgan fingerprint density at radius 3 is 2.67 bits per heavy atom. The Morgan fingerprint density at radius 2 is 2.14 bits per heavy atom. The first-order chi connectivity index (χ1) is 9.82. The molecule has 1 aromatic heterocycles. The van der Waals surface area contributed by atoms with Crippen LogP contribution < -0.4 is 10.1 Å². The molecule has 0 aliphatic carbocycles. The van der Waals surface area contributed by atoms with Gasteiger partial charge in [-0.3, -0.25) is 4.79 Å². The minimum absolute atomic E-state index is 0.00395. The van der Waals surface area contributed by atoms with Crippen LogP contribution in [0.3, 0.4) is 0 Å². The third-order valence-corrected chi connectivity index (χ3v) is 3.46. The van der Waals surface area contributed by atoms with Crippen molar-refractivity contribution in [1.29, 1.82) is 0 Å². The fourth-order valence-corrected chi connectivity index (χ4v) is 1.52. The summed E-state index contributed by atoms with van der Waals surface area (Å²) in [5, 5.41) is 11.7. The van der Waals surface area contributed by atoms with E-state index in [-0.39, 0.29) is 12.5 Å². The summed E-state index contributed by atoms with van der Waals surface area (Å²) >= 11 is 0. The van der Waals surface area contributed by atoms with Crippen LogP contribution in [0, 0.1) is 0 Å². The average molecular weight is 294 g/mol. The highest BCUT2D eigenvalue weighted by Crippen LogP contribution is 2.15. The van der Waals surface area contributed by atoms with E-state index in [0.29, 0.717) is 11.4 Å². The van der Waals surface area contributed by atoms with Gasteiger partial charge < -0.3 is 15.2 Å². The van der Waals surface area contributed by atoms with Crippen molar-refractivity contribution < 1.29 is 19.4 Å². The molecule has 0 bridgehead atoms. The molecular weight excluding hydrogens is 272 g/mol. The number of aromatic nitrogens is 1. The molecule has 0 aliphatic rings. The van der Waals surface area contributed by atoms with Crippen LogP contribution in [0.25, 0.3) is 0 Å². The molecule has 116 valence electrons. The van der Waals surface area contributed by atoms with Crippen molar-refractivity contribution >= 4 is 11.9 Å². The molecule has 1 amide bonds. The fourth-order valence-electron chi connectivity index (χ4n) is 1.52. The molecule has 0 saturated heterocycles. The molecule has 6 heteroatoms. The van der Waals surface area contributed by atoms with E-state index in [1.165, 1.54) is 25.3 Å². The van der Waals surface area contributed by atoms with E-state index >= 15 is 0 Å². The van der Waals surface area contributed by atoms with Crippen LogP contribution in [-0.2, 0) is 4.79 Å². The number of amides is 1. The highest BCUT2D eigenvalue weighted by atomic mass is 16.5. The first kappa shape index (κ1) is 16.9. The molecule has 0 spiro atoms. The summed E-state index contributed by atoms with van der Waals surface area (Å²) in [6.07, 6.45) is 2.58. The van der Waals surface area contributed by atoms with Crippen LogP contribution in [0.4, 0.5) is 0 Å². The SMILES string of the molecule is CCC(C)Oc1cc(C(=O)NC(C)(CC)C(=O)O)ccn1. The number of carboxylic acid groups (broad SMARTS) is 1. The van der Waals surface area contributed by atoms with Gasteiger partial charge in [0, 0.05) is 17.8 Å². The van der Waals surface area contributed by atoms with Crippen molar-refractivity contribution in [3.63, 3.8) is 0 Å². The quantitative estimate of drug-likeness (QED) is 0.805. The van der Waals surface area contributed by atoms with Gasteiger partial charge in [0.1, 0.15) is 5.54 Å². The van der Waals surface area contributed by atoms with Gasteiger partial charge in [0.2, 0.25) is 5.88 Å². The van der Waals surface area contributed by atoms with Crippen LogP contribution in [0.1, 0.15) is 50.9 Å². The molecule has 2 N–H and O–H groups in total. The van der Waals surface area contributed by atoms with Gasteiger partial charge in [-0.2, -0.15) is 0 Å². The van der Waals surface area contributed by atoms with Gasteiger partial charge in [0.05, 0.1) is 6.10 Å². The predicted octanol–water partition coefficient (Wildman–Crippen LogP) is 2.24. The van der Waals surface area contributed by atoms with Crippen molar-refractivity contribution in [3.8, 4) is 5.88 Å². The molecule has 0 fully saturated rings. The molecule has 2 atom stereocenters. The van der Waals surface area contributed by atoms with Crippen molar-refractivity contribution in [2.24, 2.45) is 0 Å². The lowest BCUT2D eigenvalue weighted by Gasteiger charge is -2.24. The number of pyridine rings is 1. The summed E-state index contributed by atoms with van der Waals surface area (Å²) in [5.41, 5.74) is -0.970. The second-order valence-corrected chi connectivity index (χ2v) is 5.16. The Kier molecular flexibility index (Phi) is 5.69. The van der Waals surface area contributed by atoms with Gasteiger partial charge in [-0.25, -0.2) is 9.78 Å². The van der Waals surface area contributed by atoms with Crippen LogP contribution in [-0.4, -0.2) is 33.6 Å². The molecule has 1 heterocycles. The maximum atomic E-state index is 12.2. The number of nitrogens with zero attached hydrogens (tertiary/aromatic N) is 1. The van der Waals surface area contributed by atoms with Gasteiger partial charge in [-0.1, -0.05) is 13.8 Å². The minimum Gasteiger partial charge on any atom is -0.480 e. The number of ether oxygens (including phenoxy) is 1. The molecule has 0 radical (unpaired) electrons. The smallest absolute Gasteiger partial charge is 0.329 e. The maximum absolute atomic E-state index is 12.2. The summed E-state index contributed by atoms with van der Waals surface area (Å²) in [5.74, 6) is -1.17. The normalized spacial score (nSPS) is 14.9. The Labute approximate surface area is 124 Å². The van der Waals surface area contributed by atoms with E-state index in [9.17, 15) is 14.7 Å². The van der Waals surface area contributed by atoms with Crippen molar-refractivity contribution in [3.05, 3.63) is 23.9 Å². The Bertz CT molecular complexity index is 518. The van der Waals surface area contributed by atoms with Crippen molar-refractivity contribution in [1.82, 2.24) is 10.3 Å². The molecule has 1 rings (SSSR count). The molecule has 21 heavy (non-hydrogen) atoms. The number of hydrogen-bond donors (Lipinski definition) is 2. The number of carboxylic acids is 1. The Hall–Kier alpha value is -2.11. The Balaban J connectivity index is 2.88. The number of carbonyl (C=O) groups excluding carboxylic acids is 1. The van der Waals surface area contributed by atoms with Crippen molar-refractivity contribution in [2.75, 3.05) is 0 Å². The first-order valence-corrected chi connectivity index (χ1v) is 7.01. The minimum atomic E-state index is -1.29. The second-order valence-electron chi connectivity index (χ2n) is 5.16. The molecule has 6 nitrogen and oxygen atoms in total. The lowest BCUT2D eigenvalue weighted by Crippen LogP contribution is -2.51. The number of carbonyl (C=O) groups is 2. The van der Waals surface area contributed by atoms with Crippen LogP contribution in [0.5, 0.6) is 5.88 Å². The number of nitrogens with one attached hydrogen (secondary N) is 1. The van der Waals surface area contributed by atoms with Gasteiger partial charge in [0.25, 0.3) is 5.91 Å². The first-order valence-electron chi connectivity index (χ1n) is 7.01. The topological polar surface area (TPSA) is 88.5 Å². The van der Waals surface area contributed by atoms with Gasteiger partial charge in [-0.05, 0) is 32.8 Å². The van der Waals surface area contributed by atoms with E-state index in [2.05, 4.69) is 10.3 Å². The van der Waals surface area contributed by atoms with Gasteiger partial charge >= 0.3 is 5.97 Å². The molecule has 0 aromatic carbocycles. The zero-order chi connectivity index (χ0) is 16.0. The highest BCUT2D eigenvalue weighted by Gasteiger charge is 2.33. The Morgan fingerprint density at radius 1 is 1.48 bits per heavy atom. The maximum Gasteiger partial charge on any atom is 0.329 e. The summed E-state index contributed by atoms with van der Waals surface area (Å²) in [6.45, 7) is 7.08. The summed E-state index contributed by atoms with van der Waals surface area (Å²) in [7, 11) is 0. The molecule has 0 aliphatic heterocycles. The number of aliphatic carboxylic acids is 1. The molecule has 0 saturated carbocycles. The van der Waals surface area contributed by atoms with Gasteiger partial charge in [0.15, 0.2) is 0 Å². The highest BCUT2D eigenvalue weighted by molar-refractivity contribution is 5.97. The van der Waals surface area contributed by atoms with E-state index in [1.54, 1.807) is 6.92 Å². The van der Waals surface area contributed by atoms with E-state index < -0.39 is 17.4 Å². The lowest BCUT2D eigenvalue weighted by molar-refractivity contribution is -0.143. The predicted molar refractivity (Wildman–Crippen MR) is 78.4 cm³/mol. The van der Waals surface area contributed by atoms with Crippen LogP contribution in [0.2, 0.25) is 0 Å². The molecular formula is C15H22N2O4. The van der Waals surface area contributed by atoms with E-state index in [1.807, 2.05) is 13.8 Å². The third-order valence-electron chi connectivity index (χ3n) is 3.46. The summed E-state index contributed by atoms with van der Waals surface area (Å²) in [4.78, 5) is 27.4. The third kappa shape index (κ3) is 4.44. The van der Waals surface area contributed by atoms with Gasteiger partial charge in [-0.15, -0.1) is 0 Å². The fraction of sp³-hybridized carbons (Fsp3) is 0.533. The zero-order valence-electron chi connectivity index (χ0n) is 12.8. The zero-order valence-corrected chi connectivity index (χ0v) is 12.8.